The Morgan fingerprint density at radius 2 is 1.59 bits per heavy atom. The minimum atomic E-state index is 0. The van der Waals surface area contributed by atoms with Crippen LogP contribution < -0.4 is 5.32 Å². The molecule has 0 radical (unpaired) electrons. The lowest BCUT2D eigenvalue weighted by Gasteiger charge is -2.12. The summed E-state index contributed by atoms with van der Waals surface area (Å²) < 4.78 is 0. The van der Waals surface area contributed by atoms with Gasteiger partial charge >= 0.3 is 0 Å². The van der Waals surface area contributed by atoms with E-state index in [-0.39, 0.29) is 12.4 Å². The Kier molecular flexibility index (Phi) is 5.34. The van der Waals surface area contributed by atoms with E-state index in [1.54, 1.807) is 0 Å². The van der Waals surface area contributed by atoms with Crippen molar-refractivity contribution in [3.05, 3.63) is 54.6 Å². The fraction of sp³-hybridized carbons (Fsp3) is 0.222. The Morgan fingerprint density at radius 1 is 0.909 bits per heavy atom. The number of anilines is 1. The topological polar surface area (TPSA) is 37.8 Å². The third-order valence-corrected chi connectivity index (χ3v) is 3.31. The van der Waals surface area contributed by atoms with Crippen molar-refractivity contribution in [1.29, 1.82) is 0 Å². The van der Waals surface area contributed by atoms with E-state index in [0.717, 1.165) is 34.7 Å². The maximum absolute atomic E-state index is 4.72. The van der Waals surface area contributed by atoms with E-state index in [9.17, 15) is 0 Å². The molecule has 0 fully saturated rings. The van der Waals surface area contributed by atoms with E-state index >= 15 is 0 Å². The van der Waals surface area contributed by atoms with Crippen molar-refractivity contribution in [2.75, 3.05) is 11.9 Å². The molecule has 1 heterocycles. The highest BCUT2D eigenvalue weighted by atomic mass is 35.5. The van der Waals surface area contributed by atoms with Crippen molar-refractivity contribution >= 4 is 29.1 Å². The summed E-state index contributed by atoms with van der Waals surface area (Å²) in [5, 5.41) is 4.51. The second kappa shape index (κ2) is 7.23. The first kappa shape index (κ1) is 16.2. The van der Waals surface area contributed by atoms with E-state index in [1.165, 1.54) is 0 Å². The first-order valence-electron chi connectivity index (χ1n) is 7.30. The van der Waals surface area contributed by atoms with Gasteiger partial charge in [-0.2, -0.15) is 0 Å². The van der Waals surface area contributed by atoms with Crippen LogP contribution in [0.1, 0.15) is 13.8 Å². The molecule has 0 aliphatic heterocycles. The van der Waals surface area contributed by atoms with Crippen LogP contribution in [-0.2, 0) is 0 Å². The van der Waals surface area contributed by atoms with E-state index in [4.69, 9.17) is 4.98 Å². The van der Waals surface area contributed by atoms with Crippen LogP contribution in [0.2, 0.25) is 0 Å². The summed E-state index contributed by atoms with van der Waals surface area (Å²) in [4.78, 5) is 9.40. The predicted molar refractivity (Wildman–Crippen MR) is 95.5 cm³/mol. The van der Waals surface area contributed by atoms with Crippen molar-refractivity contribution in [3.63, 3.8) is 0 Å². The number of halogens is 1. The summed E-state index contributed by atoms with van der Waals surface area (Å²) >= 11 is 0. The average molecular weight is 314 g/mol. The molecule has 0 aliphatic carbocycles. The number of para-hydroxylation sites is 1. The fourth-order valence-corrected chi connectivity index (χ4v) is 2.23. The third kappa shape index (κ3) is 3.55. The Morgan fingerprint density at radius 3 is 2.32 bits per heavy atom. The highest BCUT2D eigenvalue weighted by molar-refractivity contribution is 5.90. The van der Waals surface area contributed by atoms with E-state index < -0.39 is 0 Å². The summed E-state index contributed by atoms with van der Waals surface area (Å²) in [5.74, 6) is 2.24. The molecule has 0 saturated carbocycles. The Bertz CT molecular complexity index is 742. The number of hydrogen-bond donors (Lipinski definition) is 1. The Balaban J connectivity index is 0.00000176. The number of rotatable bonds is 4. The number of benzene rings is 2. The molecular weight excluding hydrogens is 294 g/mol. The standard InChI is InChI=1S/C18H19N3.ClH/c1-13(2)12-19-18-15-10-6-7-11-16(15)20-17(21-18)14-8-4-3-5-9-14;/h3-11,13H,12H2,1-2H3,(H,19,20,21);1H. The molecule has 1 N–H and O–H groups in total. The lowest BCUT2D eigenvalue weighted by Crippen LogP contribution is -2.10. The summed E-state index contributed by atoms with van der Waals surface area (Å²) in [5.41, 5.74) is 2.01. The molecule has 0 amide bonds. The highest BCUT2D eigenvalue weighted by Crippen LogP contribution is 2.24. The molecule has 3 rings (SSSR count). The number of nitrogens with zero attached hydrogens (tertiary/aromatic N) is 2. The highest BCUT2D eigenvalue weighted by Gasteiger charge is 2.09. The molecule has 0 unspecified atom stereocenters. The third-order valence-electron chi connectivity index (χ3n) is 3.31. The summed E-state index contributed by atoms with van der Waals surface area (Å²) in [7, 11) is 0. The zero-order valence-corrected chi connectivity index (χ0v) is 13.6. The summed E-state index contributed by atoms with van der Waals surface area (Å²) in [6.07, 6.45) is 0. The largest absolute Gasteiger partial charge is 0.369 e. The van der Waals surface area contributed by atoms with Gasteiger partial charge in [-0.3, -0.25) is 0 Å². The normalized spacial score (nSPS) is 10.5. The molecule has 114 valence electrons. The second-order valence-electron chi connectivity index (χ2n) is 5.55. The van der Waals surface area contributed by atoms with Gasteiger partial charge in [-0.05, 0) is 18.1 Å². The van der Waals surface area contributed by atoms with Gasteiger partial charge in [-0.15, -0.1) is 12.4 Å². The first-order chi connectivity index (χ1) is 10.2. The van der Waals surface area contributed by atoms with Crippen LogP contribution in [0.25, 0.3) is 22.3 Å². The SMILES string of the molecule is CC(C)CNc1nc(-c2ccccc2)nc2ccccc12.Cl. The Labute approximate surface area is 137 Å². The van der Waals surface area contributed by atoms with Crippen molar-refractivity contribution in [2.24, 2.45) is 5.92 Å². The first-order valence-corrected chi connectivity index (χ1v) is 7.30. The quantitative estimate of drug-likeness (QED) is 0.752. The van der Waals surface area contributed by atoms with Gasteiger partial charge in [0.25, 0.3) is 0 Å². The molecule has 0 spiro atoms. The van der Waals surface area contributed by atoms with Crippen molar-refractivity contribution in [1.82, 2.24) is 9.97 Å². The van der Waals surface area contributed by atoms with Crippen LogP contribution >= 0.6 is 12.4 Å². The molecule has 22 heavy (non-hydrogen) atoms. The van der Waals surface area contributed by atoms with Gasteiger partial charge in [0.15, 0.2) is 5.82 Å². The smallest absolute Gasteiger partial charge is 0.162 e. The molecular formula is C18H20ClN3. The van der Waals surface area contributed by atoms with Gasteiger partial charge in [0.1, 0.15) is 5.82 Å². The number of aromatic nitrogens is 2. The minimum absolute atomic E-state index is 0. The van der Waals surface area contributed by atoms with Gasteiger partial charge in [-0.1, -0.05) is 56.3 Å². The predicted octanol–water partition coefficient (Wildman–Crippen LogP) is 4.79. The van der Waals surface area contributed by atoms with E-state index in [2.05, 4.69) is 30.2 Å². The number of fused-ring (bicyclic) bond motifs is 1. The molecule has 0 bridgehead atoms. The molecule has 3 aromatic rings. The van der Waals surface area contributed by atoms with E-state index in [0.29, 0.717) is 5.92 Å². The molecule has 0 saturated heterocycles. The molecule has 1 aromatic heterocycles. The van der Waals surface area contributed by atoms with Gasteiger partial charge in [0.2, 0.25) is 0 Å². The van der Waals surface area contributed by atoms with Crippen molar-refractivity contribution < 1.29 is 0 Å². The van der Waals surface area contributed by atoms with Gasteiger partial charge < -0.3 is 5.32 Å². The van der Waals surface area contributed by atoms with Crippen molar-refractivity contribution in [2.45, 2.75) is 13.8 Å². The zero-order chi connectivity index (χ0) is 14.7. The lowest BCUT2D eigenvalue weighted by molar-refractivity contribution is 0.687. The van der Waals surface area contributed by atoms with Crippen LogP contribution in [-0.4, -0.2) is 16.5 Å². The molecule has 0 aliphatic rings. The summed E-state index contributed by atoms with van der Waals surface area (Å²) in [6.45, 7) is 5.28. The number of nitrogens with one attached hydrogen (secondary N) is 1. The van der Waals surface area contributed by atoms with Crippen LogP contribution in [0.3, 0.4) is 0 Å². The van der Waals surface area contributed by atoms with Crippen LogP contribution in [0.15, 0.2) is 54.6 Å². The molecule has 2 aromatic carbocycles. The monoisotopic (exact) mass is 313 g/mol. The second-order valence-corrected chi connectivity index (χ2v) is 5.55. The molecule has 4 heteroatoms. The maximum atomic E-state index is 4.72. The van der Waals surface area contributed by atoms with Gasteiger partial charge in [-0.25, -0.2) is 9.97 Å². The fourth-order valence-electron chi connectivity index (χ4n) is 2.23. The zero-order valence-electron chi connectivity index (χ0n) is 12.8. The van der Waals surface area contributed by atoms with Crippen LogP contribution in [0.5, 0.6) is 0 Å². The Hall–Kier alpha value is -2.13. The van der Waals surface area contributed by atoms with Gasteiger partial charge in [0, 0.05) is 17.5 Å². The van der Waals surface area contributed by atoms with Crippen molar-refractivity contribution in [3.8, 4) is 11.4 Å². The molecule has 3 nitrogen and oxygen atoms in total. The van der Waals surface area contributed by atoms with Gasteiger partial charge in [0.05, 0.1) is 5.52 Å². The summed E-state index contributed by atoms with van der Waals surface area (Å²) in [6, 6.07) is 18.2. The number of hydrogen-bond acceptors (Lipinski definition) is 3. The van der Waals surface area contributed by atoms with Crippen LogP contribution in [0.4, 0.5) is 5.82 Å². The minimum Gasteiger partial charge on any atom is -0.369 e. The molecule has 0 atom stereocenters. The van der Waals surface area contributed by atoms with E-state index in [1.807, 2.05) is 48.5 Å². The maximum Gasteiger partial charge on any atom is 0.162 e. The average Bonchev–Trinajstić information content (AvgIpc) is 2.53. The lowest BCUT2D eigenvalue weighted by atomic mass is 10.1. The van der Waals surface area contributed by atoms with Crippen LogP contribution in [0, 0.1) is 5.92 Å².